The van der Waals surface area contributed by atoms with Gasteiger partial charge < -0.3 is 4.57 Å². The summed E-state index contributed by atoms with van der Waals surface area (Å²) in [7, 11) is 0. The van der Waals surface area contributed by atoms with Crippen LogP contribution < -0.4 is 0 Å². The highest BCUT2D eigenvalue weighted by Crippen LogP contribution is 2.45. The van der Waals surface area contributed by atoms with Crippen LogP contribution >= 0.6 is 0 Å². The van der Waals surface area contributed by atoms with Crippen molar-refractivity contribution in [3.05, 3.63) is 243 Å². The molecule has 2 aromatic heterocycles. The van der Waals surface area contributed by atoms with Crippen LogP contribution in [0.15, 0.2) is 243 Å². The van der Waals surface area contributed by atoms with Gasteiger partial charge >= 0.3 is 0 Å². The maximum Gasteiger partial charge on any atom is 0.164 e. The van der Waals surface area contributed by atoms with Crippen LogP contribution in [0.4, 0.5) is 0 Å². The quantitative estimate of drug-likeness (QED) is 0.160. The topological polar surface area (TPSA) is 43.6 Å². The second-order valence-corrected chi connectivity index (χ2v) is 17.2. The molecule has 0 spiro atoms. The summed E-state index contributed by atoms with van der Waals surface area (Å²) in [5.74, 6) is 1.83. The van der Waals surface area contributed by atoms with E-state index in [0.717, 1.165) is 72.2 Å². The summed E-state index contributed by atoms with van der Waals surface area (Å²) in [5.41, 5.74) is 12.6. The van der Waals surface area contributed by atoms with E-state index in [2.05, 4.69) is 229 Å². The van der Waals surface area contributed by atoms with Crippen molar-refractivity contribution in [2.45, 2.75) is 0 Å². The molecular weight excluding hydrogens is 813 g/mol. The van der Waals surface area contributed by atoms with E-state index in [9.17, 15) is 0 Å². The Kier molecular flexibility index (Phi) is 9.14. The Hall–Kier alpha value is -8.99. The lowest BCUT2D eigenvalue weighted by atomic mass is 9.91. The average Bonchev–Trinajstić information content (AvgIpc) is 3.70. The minimum Gasteiger partial charge on any atom is -0.309 e. The molecule has 0 N–H and O–H groups in total. The number of rotatable bonds is 7. The molecule has 0 radical (unpaired) electrons. The molecule has 0 saturated heterocycles. The summed E-state index contributed by atoms with van der Waals surface area (Å²) in [6, 6.07) is 86.9. The minimum absolute atomic E-state index is 0.599. The predicted octanol–water partition coefficient (Wildman–Crippen LogP) is 16.4. The first-order chi connectivity index (χ1) is 33.2. The molecule has 0 bridgehead atoms. The maximum absolute atomic E-state index is 5.42. The van der Waals surface area contributed by atoms with Crippen LogP contribution in [0.25, 0.3) is 127 Å². The SMILES string of the molecule is c1ccc(-c2cccc(-c3cc(-c4nc(-c5ccccc5)nc(-c5ccc6ccccc6c5)n4)c(-c4ccccc4)cc3-n3c4cc5ccccc5cc4c4cc5ccccc5cc43)c2)cc1. The van der Waals surface area contributed by atoms with Gasteiger partial charge in [0, 0.05) is 33.0 Å². The van der Waals surface area contributed by atoms with E-state index < -0.39 is 0 Å². The van der Waals surface area contributed by atoms with Crippen molar-refractivity contribution in [2.24, 2.45) is 0 Å². The summed E-state index contributed by atoms with van der Waals surface area (Å²) in [4.78, 5) is 16.0. The number of aromatic nitrogens is 4. The Labute approximate surface area is 387 Å². The lowest BCUT2D eigenvalue weighted by Gasteiger charge is -2.20. The molecule has 0 aliphatic carbocycles. The second kappa shape index (κ2) is 15.9. The van der Waals surface area contributed by atoms with E-state index in [-0.39, 0.29) is 0 Å². The highest BCUT2D eigenvalue weighted by molar-refractivity contribution is 6.17. The molecule has 67 heavy (non-hydrogen) atoms. The fraction of sp³-hybridized carbons (Fsp3) is 0. The molecule has 4 heteroatoms. The van der Waals surface area contributed by atoms with Crippen molar-refractivity contribution in [2.75, 3.05) is 0 Å². The van der Waals surface area contributed by atoms with Crippen LogP contribution in [0, 0.1) is 0 Å². The van der Waals surface area contributed by atoms with Crippen LogP contribution in [-0.4, -0.2) is 19.5 Å². The Morgan fingerprint density at radius 1 is 0.239 bits per heavy atom. The Morgan fingerprint density at radius 2 is 0.701 bits per heavy atom. The summed E-state index contributed by atoms with van der Waals surface area (Å²) in [5, 5.41) is 9.52. The van der Waals surface area contributed by atoms with Crippen LogP contribution in [-0.2, 0) is 0 Å². The van der Waals surface area contributed by atoms with Gasteiger partial charge in [-0.25, -0.2) is 15.0 Å². The van der Waals surface area contributed by atoms with Gasteiger partial charge in [-0.15, -0.1) is 0 Å². The molecule has 0 unspecified atom stereocenters. The fourth-order valence-corrected chi connectivity index (χ4v) is 9.86. The highest BCUT2D eigenvalue weighted by atomic mass is 15.0. The smallest absolute Gasteiger partial charge is 0.164 e. The van der Waals surface area contributed by atoms with Gasteiger partial charge in [0.15, 0.2) is 17.5 Å². The van der Waals surface area contributed by atoms with E-state index in [1.807, 2.05) is 18.2 Å². The van der Waals surface area contributed by atoms with E-state index in [1.54, 1.807) is 0 Å². The monoisotopic (exact) mass is 852 g/mol. The first kappa shape index (κ1) is 38.5. The first-order valence-corrected chi connectivity index (χ1v) is 22.8. The number of hydrogen-bond acceptors (Lipinski definition) is 3. The highest BCUT2D eigenvalue weighted by Gasteiger charge is 2.24. The molecule has 13 rings (SSSR count). The van der Waals surface area contributed by atoms with Gasteiger partial charge in [0.2, 0.25) is 0 Å². The van der Waals surface area contributed by atoms with Crippen molar-refractivity contribution in [3.63, 3.8) is 0 Å². The van der Waals surface area contributed by atoms with Crippen LogP contribution in [0.1, 0.15) is 0 Å². The summed E-state index contributed by atoms with van der Waals surface area (Å²) in [6.45, 7) is 0. The lowest BCUT2D eigenvalue weighted by molar-refractivity contribution is 1.07. The van der Waals surface area contributed by atoms with Crippen molar-refractivity contribution in [3.8, 4) is 73.2 Å². The van der Waals surface area contributed by atoms with Gasteiger partial charge in [0.05, 0.1) is 16.7 Å². The van der Waals surface area contributed by atoms with Gasteiger partial charge in [-0.05, 0) is 109 Å². The Balaban J connectivity index is 1.16. The third-order valence-electron chi connectivity index (χ3n) is 13.2. The van der Waals surface area contributed by atoms with E-state index in [1.165, 1.54) is 37.7 Å². The zero-order chi connectivity index (χ0) is 44.3. The molecule has 11 aromatic carbocycles. The largest absolute Gasteiger partial charge is 0.309 e. The molecule has 0 aliphatic rings. The van der Waals surface area contributed by atoms with Crippen molar-refractivity contribution < 1.29 is 0 Å². The van der Waals surface area contributed by atoms with Crippen molar-refractivity contribution in [1.82, 2.24) is 19.5 Å². The number of benzene rings is 11. The van der Waals surface area contributed by atoms with Gasteiger partial charge in [-0.3, -0.25) is 0 Å². The summed E-state index contributed by atoms with van der Waals surface area (Å²) < 4.78 is 2.49. The third kappa shape index (κ3) is 6.82. The molecule has 13 aromatic rings. The molecule has 2 heterocycles. The van der Waals surface area contributed by atoms with Gasteiger partial charge in [0.25, 0.3) is 0 Å². The molecule has 0 fully saturated rings. The van der Waals surface area contributed by atoms with Gasteiger partial charge in [0.1, 0.15) is 0 Å². The first-order valence-electron chi connectivity index (χ1n) is 22.8. The number of nitrogens with zero attached hydrogens (tertiary/aromatic N) is 4. The third-order valence-corrected chi connectivity index (χ3v) is 13.2. The van der Waals surface area contributed by atoms with E-state index in [4.69, 9.17) is 15.0 Å². The van der Waals surface area contributed by atoms with Crippen LogP contribution in [0.2, 0.25) is 0 Å². The minimum atomic E-state index is 0.599. The zero-order valence-electron chi connectivity index (χ0n) is 36.4. The molecule has 0 amide bonds. The maximum atomic E-state index is 5.42. The van der Waals surface area contributed by atoms with Gasteiger partial charge in [-0.2, -0.15) is 0 Å². The van der Waals surface area contributed by atoms with E-state index >= 15 is 0 Å². The Bertz CT molecular complexity index is 3930. The molecule has 0 aliphatic heterocycles. The van der Waals surface area contributed by atoms with E-state index in [0.29, 0.717) is 17.5 Å². The number of hydrogen-bond donors (Lipinski definition) is 0. The zero-order valence-corrected chi connectivity index (χ0v) is 36.4. The molecular formula is C63H40N4. The molecule has 4 nitrogen and oxygen atoms in total. The van der Waals surface area contributed by atoms with Crippen molar-refractivity contribution >= 4 is 54.1 Å². The average molecular weight is 853 g/mol. The van der Waals surface area contributed by atoms with Gasteiger partial charge in [-0.1, -0.05) is 194 Å². The Morgan fingerprint density at radius 3 is 1.31 bits per heavy atom. The summed E-state index contributed by atoms with van der Waals surface area (Å²) >= 11 is 0. The van der Waals surface area contributed by atoms with Crippen molar-refractivity contribution in [1.29, 1.82) is 0 Å². The summed E-state index contributed by atoms with van der Waals surface area (Å²) in [6.07, 6.45) is 0. The van der Waals surface area contributed by atoms with Crippen LogP contribution in [0.3, 0.4) is 0 Å². The fourth-order valence-electron chi connectivity index (χ4n) is 9.86. The second-order valence-electron chi connectivity index (χ2n) is 17.2. The van der Waals surface area contributed by atoms with Crippen LogP contribution in [0.5, 0.6) is 0 Å². The molecule has 0 saturated carbocycles. The molecule has 0 atom stereocenters. The number of fused-ring (bicyclic) bond motifs is 6. The standard InChI is InChI=1S/C63H40N4/c1-4-17-41(18-5-1)46-29-16-30-51(33-46)54-39-57(63-65-61(44-22-8-3-9-23-44)64-62(66-63)52-32-31-42-19-10-11-24-45(42)34-52)53(43-20-6-2-7-21-43)40-60(54)67-58-37-49-27-14-12-25-47(49)35-55(58)56-36-48-26-13-15-28-50(48)38-59(56)67/h1-40H. The lowest BCUT2D eigenvalue weighted by Crippen LogP contribution is -2.04. The normalized spacial score (nSPS) is 11.6. The predicted molar refractivity (Wildman–Crippen MR) is 279 cm³/mol. The molecule has 312 valence electrons.